The second-order valence-electron chi connectivity index (χ2n) is 4.50. The summed E-state index contributed by atoms with van der Waals surface area (Å²) < 4.78 is 16.6. The van der Waals surface area contributed by atoms with Crippen LogP contribution in [0.2, 0.25) is 5.02 Å². The Hall–Kier alpha value is -2.20. The minimum atomic E-state index is 0.282. The maximum atomic E-state index is 10.8. The van der Waals surface area contributed by atoms with Gasteiger partial charge in [0.25, 0.3) is 0 Å². The van der Waals surface area contributed by atoms with Crippen molar-refractivity contribution in [3.63, 3.8) is 0 Å². The molecule has 0 aliphatic heterocycles. The summed E-state index contributed by atoms with van der Waals surface area (Å²) in [6.07, 6.45) is 0.770. The molecule has 0 radical (unpaired) electrons. The molecule has 0 fully saturated rings. The van der Waals surface area contributed by atoms with Gasteiger partial charge in [0.2, 0.25) is 0 Å². The third-order valence-corrected chi connectivity index (χ3v) is 3.26. The van der Waals surface area contributed by atoms with Crippen LogP contribution in [0.1, 0.15) is 22.8 Å². The lowest BCUT2D eigenvalue weighted by molar-refractivity contribution is 0.112. The number of ether oxygens (including phenoxy) is 3. The van der Waals surface area contributed by atoms with Gasteiger partial charge in [0.15, 0.2) is 11.5 Å². The van der Waals surface area contributed by atoms with Gasteiger partial charge in [-0.25, -0.2) is 0 Å². The molecule has 2 aromatic rings. The molecular formula is C17H17ClO4. The van der Waals surface area contributed by atoms with E-state index in [0.717, 1.165) is 11.8 Å². The van der Waals surface area contributed by atoms with Gasteiger partial charge in [-0.2, -0.15) is 0 Å². The average molecular weight is 321 g/mol. The Morgan fingerprint density at radius 1 is 1.05 bits per heavy atom. The summed E-state index contributed by atoms with van der Waals surface area (Å²) in [6.45, 7) is 2.64. The number of carbonyl (C=O) groups is 1. The van der Waals surface area contributed by atoms with E-state index in [9.17, 15) is 4.79 Å². The van der Waals surface area contributed by atoms with Crippen LogP contribution in [0.15, 0.2) is 36.4 Å². The third-order valence-electron chi connectivity index (χ3n) is 3.03. The second kappa shape index (κ2) is 7.71. The zero-order valence-corrected chi connectivity index (χ0v) is 13.2. The molecule has 116 valence electrons. The van der Waals surface area contributed by atoms with E-state index in [-0.39, 0.29) is 6.61 Å². The van der Waals surface area contributed by atoms with Crippen molar-refractivity contribution in [3.05, 3.63) is 52.5 Å². The lowest BCUT2D eigenvalue weighted by Gasteiger charge is -2.14. The van der Waals surface area contributed by atoms with Crippen molar-refractivity contribution in [1.29, 1.82) is 0 Å². The van der Waals surface area contributed by atoms with Crippen LogP contribution in [-0.4, -0.2) is 20.0 Å². The van der Waals surface area contributed by atoms with Gasteiger partial charge in [0, 0.05) is 16.1 Å². The van der Waals surface area contributed by atoms with Crippen LogP contribution in [0, 0.1) is 0 Å². The molecule has 0 N–H and O–H groups in total. The number of carbonyl (C=O) groups excluding carboxylic acids is 1. The number of hydrogen-bond acceptors (Lipinski definition) is 4. The van der Waals surface area contributed by atoms with E-state index < -0.39 is 0 Å². The zero-order chi connectivity index (χ0) is 15.9. The van der Waals surface area contributed by atoms with E-state index in [1.807, 2.05) is 6.92 Å². The molecule has 4 nitrogen and oxygen atoms in total. The lowest BCUT2D eigenvalue weighted by Crippen LogP contribution is -2.02. The van der Waals surface area contributed by atoms with Crippen molar-refractivity contribution in [3.8, 4) is 17.2 Å². The van der Waals surface area contributed by atoms with Crippen LogP contribution < -0.4 is 14.2 Å². The number of benzene rings is 2. The van der Waals surface area contributed by atoms with Crippen LogP contribution in [0.4, 0.5) is 0 Å². The molecule has 0 spiro atoms. The van der Waals surface area contributed by atoms with Crippen LogP contribution in [0.25, 0.3) is 0 Å². The summed E-state index contributed by atoms with van der Waals surface area (Å²) in [5.74, 6) is 1.80. The first-order valence-electron chi connectivity index (χ1n) is 6.85. The van der Waals surface area contributed by atoms with E-state index in [2.05, 4.69) is 0 Å². The molecule has 0 heterocycles. The number of rotatable bonds is 7. The highest BCUT2D eigenvalue weighted by Gasteiger charge is 2.09. The lowest BCUT2D eigenvalue weighted by atomic mass is 10.2. The highest BCUT2D eigenvalue weighted by Crippen LogP contribution is 2.30. The van der Waals surface area contributed by atoms with Gasteiger partial charge in [0.1, 0.15) is 18.6 Å². The maximum absolute atomic E-state index is 10.8. The molecule has 0 unspecified atom stereocenters. The highest BCUT2D eigenvalue weighted by atomic mass is 35.5. The molecule has 2 rings (SSSR count). The summed E-state index contributed by atoms with van der Waals surface area (Å²) in [6, 6.07) is 10.4. The van der Waals surface area contributed by atoms with Crippen molar-refractivity contribution >= 4 is 17.9 Å². The van der Waals surface area contributed by atoms with Crippen molar-refractivity contribution < 1.29 is 19.0 Å². The number of aldehydes is 1. The average Bonchev–Trinajstić information content (AvgIpc) is 2.54. The van der Waals surface area contributed by atoms with Crippen LogP contribution >= 0.6 is 11.6 Å². The number of methoxy groups -OCH3 is 1. The molecule has 0 aliphatic carbocycles. The van der Waals surface area contributed by atoms with Gasteiger partial charge >= 0.3 is 0 Å². The van der Waals surface area contributed by atoms with Gasteiger partial charge < -0.3 is 14.2 Å². The zero-order valence-electron chi connectivity index (χ0n) is 12.5. The summed E-state index contributed by atoms with van der Waals surface area (Å²) in [5.41, 5.74) is 1.37. The van der Waals surface area contributed by atoms with E-state index in [1.165, 1.54) is 0 Å². The van der Waals surface area contributed by atoms with Crippen LogP contribution in [-0.2, 0) is 6.61 Å². The Morgan fingerprint density at radius 3 is 2.50 bits per heavy atom. The van der Waals surface area contributed by atoms with Crippen LogP contribution in [0.5, 0.6) is 17.2 Å². The standard InChI is InChI=1S/C17H17ClO4/c1-3-21-17-8-12(10-19)4-6-16(17)22-11-13-9-14(18)5-7-15(13)20-2/h4-10H,3,11H2,1-2H3. The Bertz CT molecular complexity index is 655. The van der Waals surface area contributed by atoms with Gasteiger partial charge in [0.05, 0.1) is 13.7 Å². The summed E-state index contributed by atoms with van der Waals surface area (Å²) >= 11 is 6.00. The van der Waals surface area contributed by atoms with E-state index in [4.69, 9.17) is 25.8 Å². The minimum absolute atomic E-state index is 0.282. The fraction of sp³-hybridized carbons (Fsp3) is 0.235. The molecule has 5 heteroatoms. The van der Waals surface area contributed by atoms with Gasteiger partial charge in [-0.3, -0.25) is 4.79 Å². The van der Waals surface area contributed by atoms with Crippen LogP contribution in [0.3, 0.4) is 0 Å². The fourth-order valence-electron chi connectivity index (χ4n) is 2.00. The first-order valence-corrected chi connectivity index (χ1v) is 7.23. The molecule has 0 aliphatic rings. The molecule has 0 amide bonds. The summed E-state index contributed by atoms with van der Waals surface area (Å²) in [5, 5.41) is 0.612. The first-order chi connectivity index (χ1) is 10.7. The third kappa shape index (κ3) is 3.92. The molecule has 0 atom stereocenters. The normalized spacial score (nSPS) is 10.1. The number of hydrogen-bond donors (Lipinski definition) is 0. The van der Waals surface area contributed by atoms with Gasteiger partial charge in [-0.05, 0) is 43.3 Å². The molecular weight excluding hydrogens is 304 g/mol. The molecule has 0 saturated carbocycles. The topological polar surface area (TPSA) is 44.8 Å². The molecule has 0 saturated heterocycles. The van der Waals surface area contributed by atoms with E-state index >= 15 is 0 Å². The fourth-order valence-corrected chi connectivity index (χ4v) is 2.20. The van der Waals surface area contributed by atoms with Crippen molar-refractivity contribution in [2.45, 2.75) is 13.5 Å². The Balaban J connectivity index is 2.20. The SMILES string of the molecule is CCOc1cc(C=O)ccc1OCc1cc(Cl)ccc1OC. The van der Waals surface area contributed by atoms with Crippen molar-refractivity contribution in [2.24, 2.45) is 0 Å². The quantitative estimate of drug-likeness (QED) is 0.719. The molecule has 22 heavy (non-hydrogen) atoms. The van der Waals surface area contributed by atoms with Gasteiger partial charge in [-0.1, -0.05) is 11.6 Å². The Kier molecular flexibility index (Phi) is 5.67. The molecule has 0 aromatic heterocycles. The van der Waals surface area contributed by atoms with Crippen molar-refractivity contribution in [2.75, 3.05) is 13.7 Å². The summed E-state index contributed by atoms with van der Waals surface area (Å²) in [7, 11) is 1.59. The second-order valence-corrected chi connectivity index (χ2v) is 4.94. The van der Waals surface area contributed by atoms with E-state index in [1.54, 1.807) is 43.5 Å². The van der Waals surface area contributed by atoms with Gasteiger partial charge in [-0.15, -0.1) is 0 Å². The summed E-state index contributed by atoms with van der Waals surface area (Å²) in [4.78, 5) is 10.8. The van der Waals surface area contributed by atoms with E-state index in [0.29, 0.717) is 34.4 Å². The number of halogens is 1. The predicted octanol–water partition coefficient (Wildman–Crippen LogP) is 4.14. The maximum Gasteiger partial charge on any atom is 0.161 e. The smallest absolute Gasteiger partial charge is 0.161 e. The first kappa shape index (κ1) is 16.2. The molecule has 0 bridgehead atoms. The molecule has 2 aromatic carbocycles. The largest absolute Gasteiger partial charge is 0.496 e. The monoisotopic (exact) mass is 320 g/mol. The highest BCUT2D eigenvalue weighted by molar-refractivity contribution is 6.30. The minimum Gasteiger partial charge on any atom is -0.496 e. The Labute approximate surface area is 134 Å². The Morgan fingerprint density at radius 2 is 1.82 bits per heavy atom. The predicted molar refractivity (Wildman–Crippen MR) is 85.3 cm³/mol. The van der Waals surface area contributed by atoms with Crippen molar-refractivity contribution in [1.82, 2.24) is 0 Å².